The molecule has 2 aromatic rings. The Morgan fingerprint density at radius 1 is 1.12 bits per heavy atom. The van der Waals surface area contributed by atoms with Crippen LogP contribution in [0.1, 0.15) is 30.0 Å². The van der Waals surface area contributed by atoms with Gasteiger partial charge in [0.15, 0.2) is 0 Å². The highest BCUT2D eigenvalue weighted by Gasteiger charge is 2.29. The van der Waals surface area contributed by atoms with Gasteiger partial charge in [0.25, 0.3) is 0 Å². The molecule has 4 rings (SSSR count). The number of piperazine rings is 1. The van der Waals surface area contributed by atoms with Gasteiger partial charge in [0, 0.05) is 68.8 Å². The topological polar surface area (TPSA) is 71.2 Å². The van der Waals surface area contributed by atoms with Crippen LogP contribution in [0, 0.1) is 0 Å². The van der Waals surface area contributed by atoms with Gasteiger partial charge >= 0.3 is 0 Å². The third-order valence-corrected chi connectivity index (χ3v) is 5.09. The van der Waals surface area contributed by atoms with Crippen molar-refractivity contribution in [2.24, 2.45) is 5.73 Å². The zero-order chi connectivity index (χ0) is 16.4. The maximum Gasteiger partial charge on any atom is 0.132 e. The summed E-state index contributed by atoms with van der Waals surface area (Å²) in [6.07, 6.45) is 7.58. The maximum atomic E-state index is 5.90. The monoisotopic (exact) mass is 324 g/mol. The highest BCUT2D eigenvalue weighted by Crippen LogP contribution is 2.35. The molecule has 2 aromatic heterocycles. The van der Waals surface area contributed by atoms with Gasteiger partial charge in [-0.25, -0.2) is 9.97 Å². The maximum absolute atomic E-state index is 5.90. The zero-order valence-electron chi connectivity index (χ0n) is 13.9. The molecule has 0 spiro atoms. The van der Waals surface area contributed by atoms with Crippen LogP contribution in [0.4, 0.5) is 5.82 Å². The van der Waals surface area contributed by atoms with Crippen molar-refractivity contribution >= 4 is 5.82 Å². The summed E-state index contributed by atoms with van der Waals surface area (Å²) in [4.78, 5) is 18.0. The summed E-state index contributed by atoms with van der Waals surface area (Å²) in [5, 5.41) is 0. The molecule has 126 valence electrons. The highest BCUT2D eigenvalue weighted by atomic mass is 15.3. The van der Waals surface area contributed by atoms with E-state index in [1.54, 1.807) is 6.33 Å². The fraction of sp³-hybridized carbons (Fsp3) is 0.500. The SMILES string of the molecule is NC1CC(c2cc(N3CCN(Cc4cccnc4)CC3)ncn2)C1. The van der Waals surface area contributed by atoms with Crippen LogP contribution in [0.25, 0.3) is 0 Å². The average molecular weight is 324 g/mol. The van der Waals surface area contributed by atoms with Crippen molar-refractivity contribution in [2.45, 2.75) is 31.3 Å². The van der Waals surface area contributed by atoms with Gasteiger partial charge in [-0.1, -0.05) is 6.07 Å². The van der Waals surface area contributed by atoms with Crippen molar-refractivity contribution in [2.75, 3.05) is 31.1 Å². The molecular weight excluding hydrogens is 300 g/mol. The lowest BCUT2D eigenvalue weighted by atomic mass is 9.78. The molecule has 1 saturated carbocycles. The molecule has 3 heterocycles. The molecule has 1 saturated heterocycles. The van der Waals surface area contributed by atoms with Crippen molar-refractivity contribution in [1.29, 1.82) is 0 Å². The summed E-state index contributed by atoms with van der Waals surface area (Å²) in [5.41, 5.74) is 8.33. The molecule has 24 heavy (non-hydrogen) atoms. The molecule has 6 nitrogen and oxygen atoms in total. The van der Waals surface area contributed by atoms with Gasteiger partial charge < -0.3 is 10.6 Å². The van der Waals surface area contributed by atoms with Crippen molar-refractivity contribution < 1.29 is 0 Å². The quantitative estimate of drug-likeness (QED) is 0.916. The normalized spacial score (nSPS) is 24.6. The standard InChI is InChI=1S/C18H24N6/c19-16-8-15(9-16)17-10-18(22-13-21-17)24-6-4-23(5-7-24)12-14-2-1-3-20-11-14/h1-3,10-11,13,15-16H,4-9,12,19H2. The molecule has 0 bridgehead atoms. The molecule has 0 atom stereocenters. The van der Waals surface area contributed by atoms with E-state index in [2.05, 4.69) is 36.9 Å². The molecular formula is C18H24N6. The predicted molar refractivity (Wildman–Crippen MR) is 93.7 cm³/mol. The highest BCUT2D eigenvalue weighted by molar-refractivity contribution is 5.40. The Morgan fingerprint density at radius 3 is 2.67 bits per heavy atom. The molecule has 0 amide bonds. The van der Waals surface area contributed by atoms with Gasteiger partial charge in [0.05, 0.1) is 0 Å². The van der Waals surface area contributed by atoms with E-state index in [9.17, 15) is 0 Å². The van der Waals surface area contributed by atoms with E-state index in [4.69, 9.17) is 5.73 Å². The molecule has 2 N–H and O–H groups in total. The largest absolute Gasteiger partial charge is 0.354 e. The van der Waals surface area contributed by atoms with Crippen LogP contribution < -0.4 is 10.6 Å². The first-order valence-electron chi connectivity index (χ1n) is 8.71. The number of anilines is 1. The first kappa shape index (κ1) is 15.5. The van der Waals surface area contributed by atoms with Crippen molar-refractivity contribution in [3.8, 4) is 0 Å². The molecule has 2 aliphatic rings. The molecule has 1 aliphatic carbocycles. The molecule has 0 radical (unpaired) electrons. The summed E-state index contributed by atoms with van der Waals surface area (Å²) in [6.45, 7) is 5.06. The van der Waals surface area contributed by atoms with Crippen molar-refractivity contribution in [3.05, 3.63) is 48.2 Å². The number of aromatic nitrogens is 3. The lowest BCUT2D eigenvalue weighted by Gasteiger charge is -2.36. The molecule has 2 fully saturated rings. The van der Waals surface area contributed by atoms with E-state index in [1.807, 2.05) is 18.5 Å². The van der Waals surface area contributed by atoms with Crippen molar-refractivity contribution in [3.63, 3.8) is 0 Å². The lowest BCUT2D eigenvalue weighted by Crippen LogP contribution is -2.46. The van der Waals surface area contributed by atoms with E-state index in [-0.39, 0.29) is 0 Å². The second-order valence-corrected chi connectivity index (χ2v) is 6.85. The van der Waals surface area contributed by atoms with Gasteiger partial charge in [-0.05, 0) is 24.5 Å². The van der Waals surface area contributed by atoms with Crippen LogP contribution in [0.5, 0.6) is 0 Å². The minimum absolute atomic E-state index is 0.351. The van der Waals surface area contributed by atoms with Gasteiger partial charge in [-0.3, -0.25) is 9.88 Å². The molecule has 0 unspecified atom stereocenters. The fourth-order valence-corrected chi connectivity index (χ4v) is 3.55. The average Bonchev–Trinajstić information content (AvgIpc) is 2.61. The van der Waals surface area contributed by atoms with E-state index in [1.165, 1.54) is 5.56 Å². The molecule has 1 aliphatic heterocycles. The van der Waals surface area contributed by atoms with Crippen LogP contribution in [-0.2, 0) is 6.54 Å². The number of pyridine rings is 1. The Hall–Kier alpha value is -2.05. The van der Waals surface area contributed by atoms with E-state index in [0.717, 1.165) is 57.1 Å². The van der Waals surface area contributed by atoms with Gasteiger partial charge in [-0.15, -0.1) is 0 Å². The Bertz CT molecular complexity index is 662. The Labute approximate surface area is 142 Å². The minimum Gasteiger partial charge on any atom is -0.354 e. The first-order chi connectivity index (χ1) is 11.8. The van der Waals surface area contributed by atoms with Crippen molar-refractivity contribution in [1.82, 2.24) is 19.9 Å². The van der Waals surface area contributed by atoms with Crippen LogP contribution in [-0.4, -0.2) is 52.1 Å². The summed E-state index contributed by atoms with van der Waals surface area (Å²) in [7, 11) is 0. The molecule has 6 heteroatoms. The number of nitrogens with zero attached hydrogens (tertiary/aromatic N) is 5. The second-order valence-electron chi connectivity index (χ2n) is 6.85. The number of hydrogen-bond acceptors (Lipinski definition) is 6. The fourth-order valence-electron chi connectivity index (χ4n) is 3.55. The third-order valence-electron chi connectivity index (χ3n) is 5.09. The van der Waals surface area contributed by atoms with Crippen LogP contribution >= 0.6 is 0 Å². The van der Waals surface area contributed by atoms with E-state index in [0.29, 0.717) is 12.0 Å². The zero-order valence-corrected chi connectivity index (χ0v) is 13.9. The van der Waals surface area contributed by atoms with Gasteiger partial charge in [-0.2, -0.15) is 0 Å². The number of nitrogens with two attached hydrogens (primary N) is 1. The molecule has 0 aromatic carbocycles. The predicted octanol–water partition coefficient (Wildman–Crippen LogP) is 1.40. The van der Waals surface area contributed by atoms with E-state index < -0.39 is 0 Å². The summed E-state index contributed by atoms with van der Waals surface area (Å²) >= 11 is 0. The summed E-state index contributed by atoms with van der Waals surface area (Å²) in [5.74, 6) is 1.58. The summed E-state index contributed by atoms with van der Waals surface area (Å²) < 4.78 is 0. The first-order valence-corrected chi connectivity index (χ1v) is 8.71. The van der Waals surface area contributed by atoms with Gasteiger partial charge in [0.2, 0.25) is 0 Å². The van der Waals surface area contributed by atoms with Crippen LogP contribution in [0.3, 0.4) is 0 Å². The lowest BCUT2D eigenvalue weighted by molar-refractivity contribution is 0.249. The van der Waals surface area contributed by atoms with Crippen LogP contribution in [0.15, 0.2) is 36.9 Å². The smallest absolute Gasteiger partial charge is 0.132 e. The minimum atomic E-state index is 0.351. The second kappa shape index (κ2) is 6.83. The van der Waals surface area contributed by atoms with Gasteiger partial charge in [0.1, 0.15) is 12.1 Å². The number of rotatable bonds is 4. The third kappa shape index (κ3) is 3.39. The van der Waals surface area contributed by atoms with Crippen LogP contribution in [0.2, 0.25) is 0 Å². The summed E-state index contributed by atoms with van der Waals surface area (Å²) in [6, 6.07) is 6.65. The number of hydrogen-bond donors (Lipinski definition) is 1. The van der Waals surface area contributed by atoms with E-state index >= 15 is 0 Å². The Morgan fingerprint density at radius 2 is 1.96 bits per heavy atom. The Kier molecular flexibility index (Phi) is 4.40. The Balaban J connectivity index is 1.35.